The first-order chi connectivity index (χ1) is 22.5. The molecule has 3 amide bonds. The van der Waals surface area contributed by atoms with Gasteiger partial charge in [-0.2, -0.15) is 0 Å². The number of Topliss-reactive ketones (excluding diaryl/α,β-unsaturated/α-hetero) is 1. The maximum Gasteiger partial charge on any atom is 0.262 e. The third kappa shape index (κ3) is 10.5. The summed E-state index contributed by atoms with van der Waals surface area (Å²) in [4.78, 5) is 57.1. The summed E-state index contributed by atoms with van der Waals surface area (Å²) in [6.45, 7) is 13.9. The minimum Gasteiger partial charge on any atom is -0.390 e. The number of aryl methyl sites for hydroxylation is 1. The van der Waals surface area contributed by atoms with E-state index in [1.54, 1.807) is 19.9 Å². The Morgan fingerprint density at radius 3 is 2.23 bits per heavy atom. The fraction of sp³-hybridized carbons (Fsp3) is 0.632. The summed E-state index contributed by atoms with van der Waals surface area (Å²) in [5.74, 6) is -0.00293. The molecule has 0 spiro atoms. The second-order valence-corrected chi connectivity index (χ2v) is 17.1. The summed E-state index contributed by atoms with van der Waals surface area (Å²) in [5, 5.41) is 21.1. The Hall–Kier alpha value is -3.08. The Kier molecular flexibility index (Phi) is 12.6. The van der Waals surface area contributed by atoms with Crippen LogP contribution >= 0.6 is 11.3 Å². The molecule has 6 atom stereocenters. The third-order valence-corrected chi connectivity index (χ3v) is 10.8. The van der Waals surface area contributed by atoms with Crippen molar-refractivity contribution in [3.05, 3.63) is 57.8 Å². The highest BCUT2D eigenvalue weighted by Gasteiger charge is 2.43. The van der Waals surface area contributed by atoms with Crippen molar-refractivity contribution in [3.63, 3.8) is 0 Å². The predicted octanol–water partition coefficient (Wildman–Crippen LogP) is 5.04. The van der Waals surface area contributed by atoms with Crippen molar-refractivity contribution in [2.24, 2.45) is 17.3 Å². The SMILES string of the molecule is CC(=O)CC(C)(C)[C@H](NC(=O)c1ccc(C)s1)C(=O)NC(Cc1ccccc1)[C@H](O)CN1CC2CCCCC2C[C@H]1C(=O)NC(C)(C)C. The lowest BCUT2D eigenvalue weighted by Gasteiger charge is -2.47. The van der Waals surface area contributed by atoms with E-state index >= 15 is 0 Å². The zero-order valence-corrected chi connectivity index (χ0v) is 30.6. The van der Waals surface area contributed by atoms with Gasteiger partial charge in [-0.05, 0) is 83.4 Å². The van der Waals surface area contributed by atoms with Gasteiger partial charge < -0.3 is 25.9 Å². The number of nitrogens with zero attached hydrogens (tertiary/aromatic N) is 1. The Bertz CT molecular complexity index is 1420. The summed E-state index contributed by atoms with van der Waals surface area (Å²) >= 11 is 1.34. The van der Waals surface area contributed by atoms with E-state index in [0.717, 1.165) is 36.2 Å². The number of hydrogen-bond donors (Lipinski definition) is 4. The molecule has 48 heavy (non-hydrogen) atoms. The van der Waals surface area contributed by atoms with E-state index in [4.69, 9.17) is 0 Å². The van der Waals surface area contributed by atoms with Crippen LogP contribution in [0.1, 0.15) is 100 Å². The lowest BCUT2D eigenvalue weighted by Crippen LogP contribution is -2.62. The molecule has 4 N–H and O–H groups in total. The molecule has 9 nitrogen and oxygen atoms in total. The van der Waals surface area contributed by atoms with Crippen molar-refractivity contribution in [2.45, 2.75) is 123 Å². The maximum absolute atomic E-state index is 14.2. The number of likely N-dealkylation sites (tertiary alicyclic amines) is 1. The van der Waals surface area contributed by atoms with Crippen LogP contribution in [-0.4, -0.2) is 76.4 Å². The molecule has 1 saturated carbocycles. The molecule has 0 radical (unpaired) electrons. The number of hydrogen-bond acceptors (Lipinski definition) is 7. The molecule has 1 aromatic heterocycles. The number of nitrogens with one attached hydrogen (secondary N) is 3. The molecule has 1 aliphatic carbocycles. The van der Waals surface area contributed by atoms with E-state index in [2.05, 4.69) is 20.9 Å². The highest BCUT2D eigenvalue weighted by molar-refractivity contribution is 7.13. The Labute approximate surface area is 290 Å². The third-order valence-electron chi connectivity index (χ3n) is 9.80. The Morgan fingerprint density at radius 1 is 0.958 bits per heavy atom. The summed E-state index contributed by atoms with van der Waals surface area (Å²) in [5.41, 5.74) is -0.353. The van der Waals surface area contributed by atoms with Crippen LogP contribution in [0.5, 0.6) is 0 Å². The molecular weight excluding hydrogens is 625 g/mol. The van der Waals surface area contributed by atoms with Crippen LogP contribution in [0.4, 0.5) is 0 Å². The van der Waals surface area contributed by atoms with Crippen LogP contribution < -0.4 is 16.0 Å². The highest BCUT2D eigenvalue weighted by atomic mass is 32.1. The molecule has 2 fully saturated rings. The number of ketones is 1. The van der Waals surface area contributed by atoms with Gasteiger partial charge in [-0.15, -0.1) is 11.3 Å². The van der Waals surface area contributed by atoms with Crippen LogP contribution in [-0.2, 0) is 20.8 Å². The van der Waals surface area contributed by atoms with E-state index in [1.165, 1.54) is 31.1 Å². The second kappa shape index (κ2) is 16.1. The van der Waals surface area contributed by atoms with Gasteiger partial charge in [0.2, 0.25) is 11.8 Å². The van der Waals surface area contributed by atoms with Crippen LogP contribution in [0, 0.1) is 24.2 Å². The number of thiophene rings is 1. The molecule has 2 aromatic rings. The average molecular weight is 681 g/mol. The van der Waals surface area contributed by atoms with Crippen molar-refractivity contribution in [3.8, 4) is 0 Å². The smallest absolute Gasteiger partial charge is 0.262 e. The minimum absolute atomic E-state index is 0.0278. The lowest BCUT2D eigenvalue weighted by atomic mass is 9.72. The van der Waals surface area contributed by atoms with Gasteiger partial charge in [0, 0.05) is 35.3 Å². The molecule has 264 valence electrons. The van der Waals surface area contributed by atoms with Gasteiger partial charge in [-0.25, -0.2) is 0 Å². The summed E-state index contributed by atoms with van der Waals surface area (Å²) in [6, 6.07) is 11.1. The van der Waals surface area contributed by atoms with E-state index in [9.17, 15) is 24.3 Å². The van der Waals surface area contributed by atoms with E-state index in [1.807, 2.05) is 64.1 Å². The van der Waals surface area contributed by atoms with Crippen LogP contribution in [0.3, 0.4) is 0 Å². The molecule has 1 aliphatic heterocycles. The topological polar surface area (TPSA) is 128 Å². The van der Waals surface area contributed by atoms with Crippen molar-refractivity contribution >= 4 is 34.8 Å². The van der Waals surface area contributed by atoms with Crippen LogP contribution in [0.2, 0.25) is 0 Å². The van der Waals surface area contributed by atoms with Crippen LogP contribution in [0.15, 0.2) is 42.5 Å². The first kappa shape index (κ1) is 37.7. The summed E-state index contributed by atoms with van der Waals surface area (Å²) in [7, 11) is 0. The first-order valence-electron chi connectivity index (χ1n) is 17.5. The summed E-state index contributed by atoms with van der Waals surface area (Å²) in [6.07, 6.45) is 4.79. The fourth-order valence-electron chi connectivity index (χ4n) is 7.53. The fourth-order valence-corrected chi connectivity index (χ4v) is 8.30. The maximum atomic E-state index is 14.2. The molecular formula is C38H56N4O5S. The quantitative estimate of drug-likeness (QED) is 0.235. The van der Waals surface area contributed by atoms with Gasteiger partial charge in [-0.1, -0.05) is 63.4 Å². The number of piperidine rings is 1. The van der Waals surface area contributed by atoms with Gasteiger partial charge in [-0.3, -0.25) is 19.3 Å². The first-order valence-corrected chi connectivity index (χ1v) is 18.3. The number of amides is 3. The van der Waals surface area contributed by atoms with Gasteiger partial charge in [0.05, 0.1) is 23.1 Å². The van der Waals surface area contributed by atoms with Gasteiger partial charge in [0.25, 0.3) is 5.91 Å². The second-order valence-electron chi connectivity index (χ2n) is 15.8. The van der Waals surface area contributed by atoms with Crippen molar-refractivity contribution in [2.75, 3.05) is 13.1 Å². The monoisotopic (exact) mass is 680 g/mol. The summed E-state index contributed by atoms with van der Waals surface area (Å²) < 4.78 is 0. The molecule has 1 aromatic carbocycles. The zero-order valence-electron chi connectivity index (χ0n) is 29.8. The number of β-amino-alcohol motifs (C(OH)–C–C–N with tert-alkyl or cyclic N) is 1. The number of fused-ring (bicyclic) bond motifs is 1. The van der Waals surface area contributed by atoms with Crippen molar-refractivity contribution in [1.29, 1.82) is 0 Å². The average Bonchev–Trinajstić information content (AvgIpc) is 3.44. The Morgan fingerprint density at radius 2 is 1.62 bits per heavy atom. The molecule has 1 saturated heterocycles. The van der Waals surface area contributed by atoms with Crippen molar-refractivity contribution < 1.29 is 24.3 Å². The van der Waals surface area contributed by atoms with E-state index in [0.29, 0.717) is 23.1 Å². The lowest BCUT2D eigenvalue weighted by molar-refractivity contribution is -0.134. The van der Waals surface area contributed by atoms with Gasteiger partial charge >= 0.3 is 0 Å². The van der Waals surface area contributed by atoms with Crippen LogP contribution in [0.25, 0.3) is 0 Å². The number of benzene rings is 1. The number of carbonyl (C=O) groups is 4. The molecule has 4 rings (SSSR count). The largest absolute Gasteiger partial charge is 0.390 e. The molecule has 2 aliphatic rings. The molecule has 10 heteroatoms. The Balaban J connectivity index is 1.60. The molecule has 2 heterocycles. The number of aliphatic hydroxyl groups is 1. The normalized spacial score (nSPS) is 22.1. The van der Waals surface area contributed by atoms with Gasteiger partial charge in [0.1, 0.15) is 11.8 Å². The number of rotatable bonds is 13. The van der Waals surface area contributed by atoms with E-state index < -0.39 is 29.5 Å². The predicted molar refractivity (Wildman–Crippen MR) is 191 cm³/mol. The standard InChI is InChI=1S/C38H56N4O5S/c1-24(43)21-38(6,7)33(40-35(46)32-18-17-25(2)48-32)36(47)39-29(19-26-13-9-8-10-14-26)31(44)23-42-22-28-16-12-11-15-27(28)20-30(42)34(45)41-37(3,4)5/h8-10,13-14,17-18,27-31,33,44H,11-12,15-16,19-23H2,1-7H3,(H,39,47)(H,40,46)(H,41,45)/t27?,28?,29?,30-,31+,33+/m0/s1. The number of aliphatic hydroxyl groups excluding tert-OH is 1. The highest BCUT2D eigenvalue weighted by Crippen LogP contribution is 2.39. The molecule has 3 unspecified atom stereocenters. The van der Waals surface area contributed by atoms with Crippen molar-refractivity contribution in [1.82, 2.24) is 20.9 Å². The minimum atomic E-state index is -1.04. The zero-order chi connectivity index (χ0) is 35.2. The number of carbonyl (C=O) groups excluding carboxylic acids is 4. The van der Waals surface area contributed by atoms with Gasteiger partial charge in [0.15, 0.2) is 0 Å². The molecule has 0 bridgehead atoms. The van der Waals surface area contributed by atoms with E-state index in [-0.39, 0.29) is 42.1 Å².